The predicted molar refractivity (Wildman–Crippen MR) is 92.2 cm³/mol. The smallest absolute Gasteiger partial charge is 0.235 e. The first-order chi connectivity index (χ1) is 11.2. The third kappa shape index (κ3) is 4.13. The third-order valence-electron chi connectivity index (χ3n) is 4.06. The van der Waals surface area contributed by atoms with E-state index in [1.165, 1.54) is 24.6 Å². The lowest BCUT2D eigenvalue weighted by molar-refractivity contribution is -0.130. The second-order valence-corrected chi connectivity index (χ2v) is 7.14. The van der Waals surface area contributed by atoms with Gasteiger partial charge in [0.1, 0.15) is 0 Å². The van der Waals surface area contributed by atoms with Crippen molar-refractivity contribution in [1.29, 1.82) is 0 Å². The van der Waals surface area contributed by atoms with Crippen molar-refractivity contribution in [3.8, 4) is 11.4 Å². The van der Waals surface area contributed by atoms with Crippen LogP contribution in [-0.4, -0.2) is 44.3 Å². The Labute approximate surface area is 140 Å². The fourth-order valence-electron chi connectivity index (χ4n) is 2.78. The van der Waals surface area contributed by atoms with E-state index in [1.807, 2.05) is 42.2 Å². The molecule has 1 atom stereocenters. The number of thioether (sulfide) groups is 1. The minimum atomic E-state index is -0.160. The van der Waals surface area contributed by atoms with Gasteiger partial charge < -0.3 is 4.90 Å². The maximum atomic E-state index is 12.6. The highest BCUT2D eigenvalue weighted by molar-refractivity contribution is 8.00. The molecule has 1 fully saturated rings. The second-order valence-electron chi connectivity index (χ2n) is 5.83. The summed E-state index contributed by atoms with van der Waals surface area (Å²) >= 11 is 1.42. The van der Waals surface area contributed by atoms with E-state index in [0.717, 1.165) is 37.3 Å². The van der Waals surface area contributed by atoms with Crippen molar-refractivity contribution in [3.63, 3.8) is 0 Å². The number of hydrogen-bond acceptors (Lipinski definition) is 4. The maximum Gasteiger partial charge on any atom is 0.235 e. The van der Waals surface area contributed by atoms with E-state index in [4.69, 9.17) is 0 Å². The SMILES string of the molecule is C[C@H](Sc1n[nH]c(-c2ccccc2)n1)C(=O)N1CCCCCC1. The number of carbonyl (C=O) groups is 1. The number of nitrogens with zero attached hydrogens (tertiary/aromatic N) is 3. The van der Waals surface area contributed by atoms with Crippen LogP contribution in [0.3, 0.4) is 0 Å². The summed E-state index contributed by atoms with van der Waals surface area (Å²) in [5.41, 5.74) is 0.998. The molecule has 23 heavy (non-hydrogen) atoms. The number of aromatic nitrogens is 3. The molecule has 0 radical (unpaired) electrons. The van der Waals surface area contributed by atoms with E-state index in [1.54, 1.807) is 0 Å². The number of benzene rings is 1. The van der Waals surface area contributed by atoms with E-state index in [0.29, 0.717) is 5.16 Å². The van der Waals surface area contributed by atoms with Gasteiger partial charge in [-0.1, -0.05) is 54.9 Å². The molecule has 0 bridgehead atoms. The van der Waals surface area contributed by atoms with Crippen LogP contribution in [0.2, 0.25) is 0 Å². The first-order valence-electron chi connectivity index (χ1n) is 8.17. The van der Waals surface area contributed by atoms with Crippen molar-refractivity contribution in [2.75, 3.05) is 13.1 Å². The van der Waals surface area contributed by atoms with Crippen molar-refractivity contribution in [2.24, 2.45) is 0 Å². The first-order valence-corrected chi connectivity index (χ1v) is 9.05. The molecule has 6 heteroatoms. The van der Waals surface area contributed by atoms with E-state index >= 15 is 0 Å². The Kier molecular flexibility index (Phi) is 5.33. The Hall–Kier alpha value is -1.82. The molecule has 1 aliphatic heterocycles. The van der Waals surface area contributed by atoms with Crippen molar-refractivity contribution >= 4 is 17.7 Å². The number of carbonyl (C=O) groups excluding carboxylic acids is 1. The Morgan fingerprint density at radius 2 is 1.87 bits per heavy atom. The third-order valence-corrected chi connectivity index (χ3v) is 5.01. The summed E-state index contributed by atoms with van der Waals surface area (Å²) in [6.07, 6.45) is 4.68. The Morgan fingerprint density at radius 1 is 1.17 bits per heavy atom. The van der Waals surface area contributed by atoms with Crippen LogP contribution in [0.4, 0.5) is 0 Å². The summed E-state index contributed by atoms with van der Waals surface area (Å²) in [5, 5.41) is 7.65. The zero-order valence-corrected chi connectivity index (χ0v) is 14.2. The molecule has 1 N–H and O–H groups in total. The average molecular weight is 330 g/mol. The van der Waals surface area contributed by atoms with E-state index in [9.17, 15) is 4.79 Å². The quantitative estimate of drug-likeness (QED) is 0.873. The highest BCUT2D eigenvalue weighted by Crippen LogP contribution is 2.24. The molecular formula is C17H22N4OS. The number of hydrogen-bond donors (Lipinski definition) is 1. The molecule has 122 valence electrons. The molecule has 5 nitrogen and oxygen atoms in total. The van der Waals surface area contributed by atoms with Crippen LogP contribution in [0, 0.1) is 0 Å². The molecule has 0 aliphatic carbocycles. The fourth-order valence-corrected chi connectivity index (χ4v) is 3.59. The van der Waals surface area contributed by atoms with Crippen molar-refractivity contribution < 1.29 is 4.79 Å². The zero-order valence-electron chi connectivity index (χ0n) is 13.4. The molecule has 2 aromatic rings. The largest absolute Gasteiger partial charge is 0.342 e. The average Bonchev–Trinajstić information content (AvgIpc) is 2.88. The molecule has 3 rings (SSSR count). The summed E-state index contributed by atoms with van der Waals surface area (Å²) in [5.74, 6) is 0.936. The highest BCUT2D eigenvalue weighted by atomic mass is 32.2. The first kappa shape index (κ1) is 16.1. The summed E-state index contributed by atoms with van der Waals surface area (Å²) in [6.45, 7) is 3.70. The van der Waals surface area contributed by atoms with Gasteiger partial charge in [-0.3, -0.25) is 9.89 Å². The monoisotopic (exact) mass is 330 g/mol. The standard InChI is InChI=1S/C17H22N4OS/c1-13(16(22)21-11-7-2-3-8-12-21)23-17-18-15(19-20-17)14-9-5-4-6-10-14/h4-6,9-10,13H,2-3,7-8,11-12H2,1H3,(H,18,19,20)/t13-/m0/s1. The lowest BCUT2D eigenvalue weighted by Gasteiger charge is -2.23. The summed E-state index contributed by atoms with van der Waals surface area (Å²) in [7, 11) is 0. The molecule has 0 spiro atoms. The Bertz CT molecular complexity index is 635. The van der Waals surface area contributed by atoms with Gasteiger partial charge in [-0.05, 0) is 19.8 Å². The second kappa shape index (κ2) is 7.64. The highest BCUT2D eigenvalue weighted by Gasteiger charge is 2.23. The van der Waals surface area contributed by atoms with E-state index in [-0.39, 0.29) is 11.2 Å². The van der Waals surface area contributed by atoms with Crippen molar-refractivity contribution in [2.45, 2.75) is 43.0 Å². The normalized spacial score (nSPS) is 16.8. The van der Waals surface area contributed by atoms with Crippen LogP contribution in [0.5, 0.6) is 0 Å². The Balaban J connectivity index is 1.62. The molecule has 1 aromatic carbocycles. The topological polar surface area (TPSA) is 61.9 Å². The fraction of sp³-hybridized carbons (Fsp3) is 0.471. The minimum Gasteiger partial charge on any atom is -0.342 e. The van der Waals surface area contributed by atoms with Gasteiger partial charge in [0.15, 0.2) is 5.82 Å². The number of H-pyrrole nitrogens is 1. The minimum absolute atomic E-state index is 0.160. The van der Waals surface area contributed by atoms with Gasteiger partial charge in [0.05, 0.1) is 5.25 Å². The van der Waals surface area contributed by atoms with Gasteiger partial charge in [-0.2, -0.15) is 0 Å². The van der Waals surface area contributed by atoms with Crippen LogP contribution in [-0.2, 0) is 4.79 Å². The number of aromatic amines is 1. The van der Waals surface area contributed by atoms with Gasteiger partial charge in [0, 0.05) is 18.7 Å². The predicted octanol–water partition coefficient (Wildman–Crippen LogP) is 3.35. The van der Waals surface area contributed by atoms with Gasteiger partial charge in [-0.15, -0.1) is 5.10 Å². The van der Waals surface area contributed by atoms with Crippen LogP contribution < -0.4 is 0 Å². The van der Waals surface area contributed by atoms with Gasteiger partial charge >= 0.3 is 0 Å². The summed E-state index contributed by atoms with van der Waals surface area (Å²) in [4.78, 5) is 19.1. The molecule has 1 amide bonds. The Morgan fingerprint density at radius 3 is 2.57 bits per heavy atom. The number of likely N-dealkylation sites (tertiary alicyclic amines) is 1. The lowest BCUT2D eigenvalue weighted by atomic mass is 10.2. The van der Waals surface area contributed by atoms with Gasteiger partial charge in [-0.25, -0.2) is 4.98 Å². The molecule has 1 saturated heterocycles. The summed E-state index contributed by atoms with van der Waals surface area (Å²) in [6, 6.07) is 9.88. The molecule has 1 aliphatic rings. The lowest BCUT2D eigenvalue weighted by Crippen LogP contribution is -2.37. The number of rotatable bonds is 4. The van der Waals surface area contributed by atoms with E-state index in [2.05, 4.69) is 15.2 Å². The molecule has 0 saturated carbocycles. The number of nitrogens with one attached hydrogen (secondary N) is 1. The van der Waals surface area contributed by atoms with E-state index < -0.39 is 0 Å². The van der Waals surface area contributed by atoms with Gasteiger partial charge in [0.25, 0.3) is 0 Å². The maximum absolute atomic E-state index is 12.6. The molecule has 0 unspecified atom stereocenters. The summed E-state index contributed by atoms with van der Waals surface area (Å²) < 4.78 is 0. The van der Waals surface area contributed by atoms with Crippen molar-refractivity contribution in [3.05, 3.63) is 30.3 Å². The molecule has 2 heterocycles. The van der Waals surface area contributed by atoms with Crippen molar-refractivity contribution in [1.82, 2.24) is 20.1 Å². The van der Waals surface area contributed by atoms with Crippen LogP contribution in [0.1, 0.15) is 32.6 Å². The zero-order chi connectivity index (χ0) is 16.1. The number of amides is 1. The molecule has 1 aromatic heterocycles. The van der Waals surface area contributed by atoms with Gasteiger partial charge in [0.2, 0.25) is 11.1 Å². The van der Waals surface area contributed by atoms with Crippen LogP contribution in [0.25, 0.3) is 11.4 Å². The van der Waals surface area contributed by atoms with Crippen LogP contribution in [0.15, 0.2) is 35.5 Å². The van der Waals surface area contributed by atoms with Crippen LogP contribution >= 0.6 is 11.8 Å². The molecular weight excluding hydrogens is 308 g/mol.